The molecule has 0 amide bonds. The summed E-state index contributed by atoms with van der Waals surface area (Å²) in [6.45, 7) is 0. The van der Waals surface area contributed by atoms with E-state index >= 15 is 0 Å². The Morgan fingerprint density at radius 2 is 1.65 bits per heavy atom. The molecule has 1 aromatic heterocycles. The number of nitrogens with two attached hydrogens (primary N) is 1. The van der Waals surface area contributed by atoms with E-state index in [1.165, 1.54) is 0 Å². The van der Waals surface area contributed by atoms with Crippen LogP contribution in [0.25, 0.3) is 0 Å². The van der Waals surface area contributed by atoms with Crippen molar-refractivity contribution in [2.75, 3.05) is 15.7 Å². The van der Waals surface area contributed by atoms with Crippen molar-refractivity contribution in [1.82, 2.24) is 4.98 Å². The highest BCUT2D eigenvalue weighted by Crippen LogP contribution is 2.38. The highest BCUT2D eigenvalue weighted by molar-refractivity contribution is 8.10. The summed E-state index contributed by atoms with van der Waals surface area (Å²) in [5, 5.41) is 28.2. The Balaban J connectivity index is 2.28. The summed E-state index contributed by atoms with van der Waals surface area (Å²) in [5.74, 6) is -0.903. The van der Waals surface area contributed by atoms with E-state index in [4.69, 9.17) is 5.73 Å². The lowest BCUT2D eigenvalue weighted by Crippen LogP contribution is -2.36. The van der Waals surface area contributed by atoms with Gasteiger partial charge in [0.2, 0.25) is 10.0 Å². The SMILES string of the molecule is CS(=O)(=O)N(c1cc([N+](=O)[O-])ccc1N=Nc1ccc(O)c(N)n1)S(=O)(=O)c1cccc(S(=O)(=O)F)c1. The van der Waals surface area contributed by atoms with Gasteiger partial charge in [0, 0.05) is 12.1 Å². The number of benzene rings is 2. The van der Waals surface area contributed by atoms with Gasteiger partial charge < -0.3 is 10.8 Å². The van der Waals surface area contributed by atoms with Crippen molar-refractivity contribution in [1.29, 1.82) is 0 Å². The van der Waals surface area contributed by atoms with E-state index in [0.29, 0.717) is 18.4 Å². The van der Waals surface area contributed by atoms with Gasteiger partial charge >= 0.3 is 10.2 Å². The molecule has 3 N–H and O–H groups in total. The Hall–Kier alpha value is -4.23. The zero-order valence-corrected chi connectivity index (χ0v) is 20.8. The van der Waals surface area contributed by atoms with Crippen molar-refractivity contribution in [2.45, 2.75) is 9.79 Å². The minimum Gasteiger partial charge on any atom is -0.504 e. The number of hydrogen-bond donors (Lipinski definition) is 2. The zero-order chi connectivity index (χ0) is 27.8. The Bertz CT molecular complexity index is 1760. The number of aromatic hydroxyl groups is 1. The van der Waals surface area contributed by atoms with E-state index < -0.39 is 62.0 Å². The zero-order valence-electron chi connectivity index (χ0n) is 18.3. The maximum absolute atomic E-state index is 13.5. The van der Waals surface area contributed by atoms with Crippen LogP contribution < -0.4 is 9.44 Å². The van der Waals surface area contributed by atoms with Crippen molar-refractivity contribution in [3.05, 3.63) is 64.7 Å². The molecule has 0 fully saturated rings. The number of non-ortho nitro benzene ring substituents is 1. The van der Waals surface area contributed by atoms with Gasteiger partial charge in [0.25, 0.3) is 15.7 Å². The molecule has 0 aliphatic carbocycles. The molecule has 196 valence electrons. The van der Waals surface area contributed by atoms with Gasteiger partial charge in [0.15, 0.2) is 17.4 Å². The van der Waals surface area contributed by atoms with Gasteiger partial charge in [-0.25, -0.2) is 21.8 Å². The lowest BCUT2D eigenvalue weighted by atomic mass is 10.2. The average Bonchev–Trinajstić information content (AvgIpc) is 2.78. The number of azo groups is 1. The topological polar surface area (TPSA) is 233 Å². The van der Waals surface area contributed by atoms with E-state index in [-0.39, 0.29) is 21.1 Å². The summed E-state index contributed by atoms with van der Waals surface area (Å²) in [4.78, 5) is 12.1. The molecule has 0 radical (unpaired) electrons. The summed E-state index contributed by atoms with van der Waals surface area (Å²) >= 11 is 0. The fraction of sp³-hybridized carbons (Fsp3) is 0.0556. The van der Waals surface area contributed by atoms with Crippen LogP contribution in [0.1, 0.15) is 0 Å². The number of nitro benzene ring substituents is 1. The molecule has 0 spiro atoms. The number of rotatable bonds is 8. The quantitative estimate of drug-likeness (QED) is 0.172. The lowest BCUT2D eigenvalue weighted by molar-refractivity contribution is -0.384. The summed E-state index contributed by atoms with van der Waals surface area (Å²) in [5.41, 5.74) is 3.36. The fourth-order valence-electron chi connectivity index (χ4n) is 2.84. The van der Waals surface area contributed by atoms with Gasteiger partial charge in [-0.1, -0.05) is 6.07 Å². The van der Waals surface area contributed by atoms with Crippen LogP contribution >= 0.6 is 0 Å². The average molecular weight is 575 g/mol. The van der Waals surface area contributed by atoms with Crippen molar-refractivity contribution in [2.24, 2.45) is 10.2 Å². The number of aromatic nitrogens is 1. The van der Waals surface area contributed by atoms with Crippen LogP contribution in [0.5, 0.6) is 5.75 Å². The molecule has 19 heteroatoms. The van der Waals surface area contributed by atoms with Crippen LogP contribution in [0, 0.1) is 10.1 Å². The van der Waals surface area contributed by atoms with Crippen molar-refractivity contribution < 1.29 is 39.2 Å². The number of hydrogen-bond acceptors (Lipinski definition) is 13. The van der Waals surface area contributed by atoms with Crippen molar-refractivity contribution in [3.8, 4) is 5.75 Å². The molecular formula is C18H15FN6O9S3. The molecule has 0 aliphatic rings. The Labute approximate surface area is 209 Å². The summed E-state index contributed by atoms with van der Waals surface area (Å²) in [6.07, 6.45) is 0.461. The molecule has 0 bridgehead atoms. The number of nitrogens with zero attached hydrogens (tertiary/aromatic N) is 5. The third kappa shape index (κ3) is 5.95. The summed E-state index contributed by atoms with van der Waals surface area (Å²) in [6, 6.07) is 7.42. The van der Waals surface area contributed by atoms with Gasteiger partial charge in [0.05, 0.1) is 21.0 Å². The van der Waals surface area contributed by atoms with E-state index in [0.717, 1.165) is 42.5 Å². The molecule has 3 aromatic rings. The van der Waals surface area contributed by atoms with Crippen LogP contribution in [-0.4, -0.2) is 46.5 Å². The molecule has 0 atom stereocenters. The van der Waals surface area contributed by atoms with Crippen LogP contribution in [0.15, 0.2) is 74.6 Å². The fourth-order valence-corrected chi connectivity index (χ4v) is 6.74. The standard InChI is InChI=1S/C18H15FN6O9S3/c1-35(29,30)25(37(33,34)13-4-2-3-12(10-13)36(19,31)32)15-9-11(24(27)28)5-6-14(15)22-23-17-8-7-16(26)18(20)21-17/h2-10,26H,1H3,(H2,20,21). The Morgan fingerprint density at radius 3 is 2.22 bits per heavy atom. The summed E-state index contributed by atoms with van der Waals surface area (Å²) < 4.78 is 87.9. The lowest BCUT2D eigenvalue weighted by Gasteiger charge is -2.23. The van der Waals surface area contributed by atoms with E-state index in [9.17, 15) is 44.4 Å². The van der Waals surface area contributed by atoms with Gasteiger partial charge in [0.1, 0.15) is 11.4 Å². The van der Waals surface area contributed by atoms with Crippen LogP contribution in [0.2, 0.25) is 0 Å². The van der Waals surface area contributed by atoms with Gasteiger partial charge in [-0.3, -0.25) is 10.1 Å². The van der Waals surface area contributed by atoms with E-state index in [1.807, 2.05) is 0 Å². The second-order valence-electron chi connectivity index (χ2n) is 7.08. The predicted octanol–water partition coefficient (Wildman–Crippen LogP) is 2.51. The van der Waals surface area contributed by atoms with Crippen LogP contribution in [0.3, 0.4) is 0 Å². The number of nitrogen functional groups attached to an aromatic ring is 1. The van der Waals surface area contributed by atoms with Gasteiger partial charge in [-0.2, -0.15) is 12.1 Å². The number of nitro groups is 1. The highest BCUT2D eigenvalue weighted by Gasteiger charge is 2.36. The number of anilines is 2. The summed E-state index contributed by atoms with van der Waals surface area (Å²) in [7, 11) is -15.4. The molecule has 15 nitrogen and oxygen atoms in total. The molecule has 0 unspecified atom stereocenters. The first-order valence-corrected chi connectivity index (χ1v) is 14.1. The molecule has 2 aromatic carbocycles. The predicted molar refractivity (Wildman–Crippen MR) is 127 cm³/mol. The molecule has 0 saturated carbocycles. The monoisotopic (exact) mass is 574 g/mol. The molecule has 3 rings (SSSR count). The first kappa shape index (κ1) is 27.4. The minimum atomic E-state index is -5.37. The second kappa shape index (κ2) is 9.67. The molecule has 0 aliphatic heterocycles. The van der Waals surface area contributed by atoms with Crippen molar-refractivity contribution in [3.63, 3.8) is 0 Å². The second-order valence-corrected chi connectivity index (χ2v) is 12.3. The van der Waals surface area contributed by atoms with E-state index in [2.05, 4.69) is 15.2 Å². The first-order chi connectivity index (χ1) is 17.0. The number of pyridine rings is 1. The number of sulfonamides is 2. The van der Waals surface area contributed by atoms with Gasteiger partial charge in [-0.15, -0.1) is 14.1 Å². The first-order valence-electron chi connectivity index (χ1n) is 9.48. The molecular weight excluding hydrogens is 559 g/mol. The smallest absolute Gasteiger partial charge is 0.332 e. The third-order valence-electron chi connectivity index (χ3n) is 4.42. The van der Waals surface area contributed by atoms with Crippen molar-refractivity contribution >= 4 is 59.0 Å². The van der Waals surface area contributed by atoms with Crippen LogP contribution in [0.4, 0.5) is 32.6 Å². The Morgan fingerprint density at radius 1 is 1.00 bits per heavy atom. The largest absolute Gasteiger partial charge is 0.504 e. The molecule has 1 heterocycles. The van der Waals surface area contributed by atoms with Crippen LogP contribution in [-0.2, 0) is 30.3 Å². The molecule has 0 saturated heterocycles. The number of halogens is 1. The maximum atomic E-state index is 13.5. The van der Waals surface area contributed by atoms with E-state index in [1.54, 1.807) is 0 Å². The van der Waals surface area contributed by atoms with Gasteiger partial charge in [-0.05, 0) is 36.4 Å². The third-order valence-corrected chi connectivity index (χ3v) is 8.92. The minimum absolute atomic E-state index is 0.200. The Kier molecular flexibility index (Phi) is 7.15. The normalized spacial score (nSPS) is 12.5. The highest BCUT2D eigenvalue weighted by atomic mass is 32.3. The maximum Gasteiger partial charge on any atom is 0.332 e. The molecule has 37 heavy (non-hydrogen) atoms.